The van der Waals surface area contributed by atoms with E-state index in [0.717, 1.165) is 16.9 Å². The lowest BCUT2D eigenvalue weighted by atomic mass is 10.0. The van der Waals surface area contributed by atoms with Gasteiger partial charge in [0.2, 0.25) is 10.0 Å². The third kappa shape index (κ3) is 5.96. The lowest BCUT2D eigenvalue weighted by molar-refractivity contribution is -0.139. The van der Waals surface area contributed by atoms with Crippen molar-refractivity contribution in [1.29, 1.82) is 0 Å². The smallest absolute Gasteiger partial charge is 0.317 e. The fourth-order valence-electron chi connectivity index (χ4n) is 3.24. The number of carbonyl (C=O) groups is 1. The number of hydrogen-bond donors (Lipinski definition) is 1. The van der Waals surface area contributed by atoms with Gasteiger partial charge in [-0.15, -0.1) is 0 Å². The van der Waals surface area contributed by atoms with Gasteiger partial charge >= 0.3 is 5.97 Å². The molecule has 146 valence electrons. The maximum atomic E-state index is 11.6. The Bertz CT molecular complexity index is 727. The Morgan fingerprint density at radius 1 is 1.31 bits per heavy atom. The Labute approximate surface area is 155 Å². The molecule has 1 N–H and O–H groups in total. The molecule has 0 bridgehead atoms. The Hall–Kier alpha value is -1.64. The minimum Gasteiger partial charge on any atom is -0.492 e. The zero-order chi connectivity index (χ0) is 19.3. The number of ether oxygens (including phenoxy) is 1. The number of nitrogens with zero attached hydrogens (tertiary/aromatic N) is 2. The lowest BCUT2D eigenvalue weighted by Crippen LogP contribution is -2.49. The number of sulfonamides is 1. The van der Waals surface area contributed by atoms with E-state index in [1.54, 1.807) is 0 Å². The second kappa shape index (κ2) is 8.83. The highest BCUT2D eigenvalue weighted by Crippen LogP contribution is 2.21. The van der Waals surface area contributed by atoms with E-state index in [4.69, 9.17) is 4.74 Å². The van der Waals surface area contributed by atoms with Gasteiger partial charge < -0.3 is 9.84 Å². The van der Waals surface area contributed by atoms with Gasteiger partial charge in [0.05, 0.1) is 12.8 Å². The predicted molar refractivity (Wildman–Crippen MR) is 100 cm³/mol. The number of aliphatic carboxylic acids is 1. The third-order valence-corrected chi connectivity index (χ3v) is 6.03. The van der Waals surface area contributed by atoms with Crippen molar-refractivity contribution in [3.63, 3.8) is 0 Å². The average molecular weight is 384 g/mol. The van der Waals surface area contributed by atoms with Crippen molar-refractivity contribution in [1.82, 2.24) is 9.21 Å². The number of carboxylic acid groups (broad SMARTS) is 1. The molecule has 0 aliphatic carbocycles. The summed E-state index contributed by atoms with van der Waals surface area (Å²) in [6.45, 7) is 5.64. The third-order valence-electron chi connectivity index (χ3n) is 4.73. The second-order valence-electron chi connectivity index (χ2n) is 6.87. The van der Waals surface area contributed by atoms with Crippen molar-refractivity contribution in [2.24, 2.45) is 0 Å². The minimum atomic E-state index is -3.19. The molecule has 26 heavy (non-hydrogen) atoms. The number of benzene rings is 1. The largest absolute Gasteiger partial charge is 0.492 e. The molecule has 1 saturated heterocycles. The van der Waals surface area contributed by atoms with Crippen LogP contribution in [0.3, 0.4) is 0 Å². The van der Waals surface area contributed by atoms with E-state index < -0.39 is 16.0 Å². The highest BCUT2D eigenvalue weighted by Gasteiger charge is 2.29. The van der Waals surface area contributed by atoms with Gasteiger partial charge in [0.25, 0.3) is 0 Å². The molecule has 2 rings (SSSR count). The van der Waals surface area contributed by atoms with E-state index in [1.165, 1.54) is 10.6 Å². The van der Waals surface area contributed by atoms with Gasteiger partial charge in [0.15, 0.2) is 0 Å². The van der Waals surface area contributed by atoms with E-state index in [9.17, 15) is 18.3 Å². The first-order valence-electron chi connectivity index (χ1n) is 8.78. The average Bonchev–Trinajstić information content (AvgIpc) is 2.56. The molecule has 0 amide bonds. The molecule has 1 aliphatic rings. The van der Waals surface area contributed by atoms with Crippen molar-refractivity contribution in [2.45, 2.75) is 32.7 Å². The Kier molecular flexibility index (Phi) is 7.02. The van der Waals surface area contributed by atoms with Crippen LogP contribution in [0.1, 0.15) is 24.0 Å². The highest BCUT2D eigenvalue weighted by atomic mass is 32.2. The van der Waals surface area contributed by atoms with Gasteiger partial charge in [-0.1, -0.05) is 12.1 Å². The van der Waals surface area contributed by atoms with Gasteiger partial charge in [-0.2, -0.15) is 0 Å². The Morgan fingerprint density at radius 3 is 2.54 bits per heavy atom. The van der Waals surface area contributed by atoms with Crippen LogP contribution in [0.15, 0.2) is 18.2 Å². The van der Waals surface area contributed by atoms with Crippen LogP contribution in [-0.2, 0) is 14.8 Å². The van der Waals surface area contributed by atoms with E-state index in [2.05, 4.69) is 0 Å². The molecule has 0 aromatic heterocycles. The van der Waals surface area contributed by atoms with Crippen LogP contribution in [0.25, 0.3) is 0 Å². The lowest BCUT2D eigenvalue weighted by Gasteiger charge is -2.36. The summed E-state index contributed by atoms with van der Waals surface area (Å²) < 4.78 is 30.6. The number of carboxylic acids is 1. The summed E-state index contributed by atoms with van der Waals surface area (Å²) in [4.78, 5) is 13.1. The summed E-state index contributed by atoms with van der Waals surface area (Å²) in [6.07, 6.45) is 2.47. The van der Waals surface area contributed by atoms with Gasteiger partial charge in [0.1, 0.15) is 12.4 Å². The molecule has 1 fully saturated rings. The number of aryl methyl sites for hydroxylation is 2. The fourth-order valence-corrected chi connectivity index (χ4v) is 4.11. The standard InChI is InChI=1S/C18H28N2O5S/c1-14-4-5-15(2)17(12-14)25-11-10-19(13-18(21)22)16-6-8-20(9-7-16)26(3,23)24/h4-5,12,16H,6-11,13H2,1-3H3,(H,21,22). The SMILES string of the molecule is Cc1ccc(C)c(OCCN(CC(=O)O)C2CCN(S(C)(=O)=O)CC2)c1. The minimum absolute atomic E-state index is 0.0475. The molecule has 0 spiro atoms. The molecular formula is C18H28N2O5S. The van der Waals surface area contributed by atoms with Crippen LogP contribution in [0.5, 0.6) is 5.75 Å². The molecular weight excluding hydrogens is 356 g/mol. The fraction of sp³-hybridized carbons (Fsp3) is 0.611. The van der Waals surface area contributed by atoms with Crippen molar-refractivity contribution >= 4 is 16.0 Å². The van der Waals surface area contributed by atoms with Crippen LogP contribution in [0.4, 0.5) is 0 Å². The van der Waals surface area contributed by atoms with Gasteiger partial charge in [-0.25, -0.2) is 12.7 Å². The van der Waals surface area contributed by atoms with Gasteiger partial charge in [-0.3, -0.25) is 9.69 Å². The zero-order valence-corrected chi connectivity index (χ0v) is 16.5. The Balaban J connectivity index is 1.93. The van der Waals surface area contributed by atoms with Crippen molar-refractivity contribution in [2.75, 3.05) is 39.0 Å². The molecule has 1 heterocycles. The normalized spacial score (nSPS) is 16.8. The topological polar surface area (TPSA) is 87.2 Å². The summed E-state index contributed by atoms with van der Waals surface area (Å²) in [5, 5.41) is 9.20. The van der Waals surface area contributed by atoms with Crippen molar-refractivity contribution in [3.8, 4) is 5.75 Å². The molecule has 0 radical (unpaired) electrons. The maximum Gasteiger partial charge on any atom is 0.317 e. The summed E-state index contributed by atoms with van der Waals surface area (Å²) in [5.41, 5.74) is 2.16. The first kappa shape index (κ1) is 20.7. The van der Waals surface area contributed by atoms with Gasteiger partial charge in [0, 0.05) is 25.7 Å². The van der Waals surface area contributed by atoms with Crippen molar-refractivity contribution in [3.05, 3.63) is 29.3 Å². The van der Waals surface area contributed by atoms with E-state index in [-0.39, 0.29) is 12.6 Å². The number of hydrogen-bond acceptors (Lipinski definition) is 5. The molecule has 1 aliphatic heterocycles. The molecule has 0 saturated carbocycles. The molecule has 8 heteroatoms. The summed E-state index contributed by atoms with van der Waals surface area (Å²) in [5.74, 6) is -0.0746. The summed E-state index contributed by atoms with van der Waals surface area (Å²) in [7, 11) is -3.19. The van der Waals surface area contributed by atoms with E-state index >= 15 is 0 Å². The van der Waals surface area contributed by atoms with Crippen molar-refractivity contribution < 1.29 is 23.1 Å². The monoisotopic (exact) mass is 384 g/mol. The van der Waals surface area contributed by atoms with E-state index in [1.807, 2.05) is 36.9 Å². The first-order chi connectivity index (χ1) is 12.2. The number of piperidine rings is 1. The maximum absolute atomic E-state index is 11.6. The van der Waals surface area contributed by atoms with E-state index in [0.29, 0.717) is 39.1 Å². The molecule has 1 aromatic carbocycles. The molecule has 0 atom stereocenters. The molecule has 0 unspecified atom stereocenters. The zero-order valence-electron chi connectivity index (χ0n) is 15.6. The Morgan fingerprint density at radius 2 is 1.96 bits per heavy atom. The van der Waals surface area contributed by atoms with Crippen LogP contribution >= 0.6 is 0 Å². The predicted octanol–water partition coefficient (Wildman–Crippen LogP) is 1.49. The van der Waals surface area contributed by atoms with Crippen LogP contribution < -0.4 is 4.74 Å². The quantitative estimate of drug-likeness (QED) is 0.731. The molecule has 7 nitrogen and oxygen atoms in total. The number of rotatable bonds is 8. The van der Waals surface area contributed by atoms with Crippen LogP contribution in [0.2, 0.25) is 0 Å². The second-order valence-corrected chi connectivity index (χ2v) is 8.86. The van der Waals surface area contributed by atoms with Gasteiger partial charge in [-0.05, 0) is 43.9 Å². The summed E-state index contributed by atoms with van der Waals surface area (Å²) in [6, 6.07) is 6.04. The first-order valence-corrected chi connectivity index (χ1v) is 10.6. The van der Waals surface area contributed by atoms with Crippen LogP contribution in [0, 0.1) is 13.8 Å². The highest BCUT2D eigenvalue weighted by molar-refractivity contribution is 7.88. The molecule has 1 aromatic rings. The van der Waals surface area contributed by atoms with Crippen LogP contribution in [-0.4, -0.2) is 73.8 Å². The summed E-state index contributed by atoms with van der Waals surface area (Å²) >= 11 is 0.